The van der Waals surface area contributed by atoms with E-state index in [0.717, 1.165) is 25.9 Å². The third kappa shape index (κ3) is 3.60. The van der Waals surface area contributed by atoms with Gasteiger partial charge in [0.05, 0.1) is 27.7 Å². The predicted molar refractivity (Wildman–Crippen MR) is 130 cm³/mol. The molecule has 0 amide bonds. The molecule has 1 saturated carbocycles. The number of nitrogens with zero attached hydrogens (tertiary/aromatic N) is 7. The van der Waals surface area contributed by atoms with Crippen molar-refractivity contribution < 1.29 is 14.4 Å². The van der Waals surface area contributed by atoms with Crippen LogP contribution >= 0.6 is 11.6 Å². The molecule has 6 rings (SSSR count). The predicted octanol–water partition coefficient (Wildman–Crippen LogP) is 2.32. The molecule has 1 aliphatic carbocycles. The third-order valence-electron chi connectivity index (χ3n) is 7.28. The number of benzene rings is 1. The first-order valence-electron chi connectivity index (χ1n) is 11.9. The number of likely N-dealkylation sites (tertiary alicyclic amines) is 1. The Labute approximate surface area is 210 Å². The van der Waals surface area contributed by atoms with Gasteiger partial charge in [0.2, 0.25) is 5.82 Å². The number of aliphatic hydroxyl groups is 1. The van der Waals surface area contributed by atoms with Crippen LogP contribution in [0.25, 0.3) is 28.1 Å². The van der Waals surface area contributed by atoms with Crippen molar-refractivity contribution in [1.29, 1.82) is 5.26 Å². The first-order valence-corrected chi connectivity index (χ1v) is 12.3. The molecule has 2 fully saturated rings. The van der Waals surface area contributed by atoms with Crippen LogP contribution in [0.3, 0.4) is 0 Å². The largest absolute Gasteiger partial charge is 0.393 e. The molecule has 0 radical (unpaired) electrons. The van der Waals surface area contributed by atoms with Crippen molar-refractivity contribution in [2.45, 2.75) is 43.9 Å². The van der Waals surface area contributed by atoms with Crippen molar-refractivity contribution in [3.8, 4) is 17.6 Å². The van der Waals surface area contributed by atoms with Crippen LogP contribution in [0.15, 0.2) is 27.8 Å². The number of ether oxygens (including phenoxy) is 1. The van der Waals surface area contributed by atoms with Gasteiger partial charge < -0.3 is 23.8 Å². The van der Waals surface area contributed by atoms with Gasteiger partial charge in [-0.05, 0) is 37.8 Å². The summed E-state index contributed by atoms with van der Waals surface area (Å²) in [7, 11) is 1.61. The van der Waals surface area contributed by atoms with Gasteiger partial charge in [0.15, 0.2) is 0 Å². The Morgan fingerprint density at radius 3 is 2.75 bits per heavy atom. The molecule has 0 spiro atoms. The number of hydrogen-bond acceptors (Lipinski definition) is 9. The number of imidazole rings is 1. The number of fused-ring (bicyclic) bond motifs is 3. The standard InChI is InChI=1S/C24H24ClN7O4/c1-35-24(6-7-24)23-28-21(29-36-23)18-20-22(34)31(11-10-30-8-4-14(33)5-9-30)19-15(12-26)16(25)2-3-17(19)32(20)13-27-18/h2-3,13-14,33H,4-11H2,1H3. The SMILES string of the molecule is COC1(c2nc(-c3ncn4c3c(=O)n(CCN3CCC(O)CC3)c3c(C#N)c(Cl)ccc34)no2)CC1. The van der Waals surface area contributed by atoms with Crippen molar-refractivity contribution >= 4 is 28.2 Å². The number of nitriles is 1. The highest BCUT2D eigenvalue weighted by Crippen LogP contribution is 2.48. The van der Waals surface area contributed by atoms with E-state index < -0.39 is 5.60 Å². The van der Waals surface area contributed by atoms with Crippen molar-refractivity contribution in [2.24, 2.45) is 0 Å². The lowest BCUT2D eigenvalue weighted by Gasteiger charge is -2.29. The van der Waals surface area contributed by atoms with Gasteiger partial charge in [-0.25, -0.2) is 4.98 Å². The van der Waals surface area contributed by atoms with E-state index in [0.29, 0.717) is 48.5 Å². The summed E-state index contributed by atoms with van der Waals surface area (Å²) >= 11 is 6.36. The number of rotatable bonds is 6. The lowest BCUT2D eigenvalue weighted by molar-refractivity contribution is 0.0492. The Morgan fingerprint density at radius 2 is 2.06 bits per heavy atom. The summed E-state index contributed by atoms with van der Waals surface area (Å²) in [5, 5.41) is 24.1. The zero-order chi connectivity index (χ0) is 25.0. The van der Waals surface area contributed by atoms with Crippen LogP contribution in [0.1, 0.15) is 37.1 Å². The number of piperidine rings is 1. The van der Waals surface area contributed by atoms with E-state index in [1.54, 1.807) is 28.2 Å². The van der Waals surface area contributed by atoms with Crippen LogP contribution in [-0.2, 0) is 16.9 Å². The maximum Gasteiger partial charge on any atom is 0.277 e. The highest BCUT2D eigenvalue weighted by atomic mass is 35.5. The van der Waals surface area contributed by atoms with Crippen LogP contribution in [0.5, 0.6) is 0 Å². The van der Waals surface area contributed by atoms with E-state index in [1.165, 1.54) is 6.33 Å². The highest BCUT2D eigenvalue weighted by molar-refractivity contribution is 6.32. The van der Waals surface area contributed by atoms with Gasteiger partial charge in [0.25, 0.3) is 11.4 Å². The molecule has 11 nitrogen and oxygen atoms in total. The van der Waals surface area contributed by atoms with E-state index in [1.807, 2.05) is 0 Å². The Balaban J connectivity index is 1.50. The van der Waals surface area contributed by atoms with Gasteiger partial charge >= 0.3 is 0 Å². The fraction of sp³-hybridized carbons (Fsp3) is 0.458. The van der Waals surface area contributed by atoms with E-state index in [9.17, 15) is 15.2 Å². The summed E-state index contributed by atoms with van der Waals surface area (Å²) in [4.78, 5) is 25.1. The first-order chi connectivity index (χ1) is 17.5. The average molecular weight is 510 g/mol. The van der Waals surface area contributed by atoms with E-state index >= 15 is 0 Å². The average Bonchev–Trinajstić information content (AvgIpc) is 3.30. The van der Waals surface area contributed by atoms with Crippen molar-refractivity contribution in [3.05, 3.63) is 45.3 Å². The van der Waals surface area contributed by atoms with Crippen LogP contribution in [0, 0.1) is 11.3 Å². The second-order valence-electron chi connectivity index (χ2n) is 9.36. The highest BCUT2D eigenvalue weighted by Gasteiger charge is 2.50. The summed E-state index contributed by atoms with van der Waals surface area (Å²) in [5.41, 5.74) is 1.00. The summed E-state index contributed by atoms with van der Waals surface area (Å²) < 4.78 is 14.2. The maximum absolute atomic E-state index is 14.0. The van der Waals surface area contributed by atoms with Crippen LogP contribution in [0.4, 0.5) is 0 Å². The van der Waals surface area contributed by atoms with E-state index in [-0.39, 0.29) is 33.6 Å². The fourth-order valence-electron chi connectivity index (χ4n) is 4.98. The molecule has 36 heavy (non-hydrogen) atoms. The van der Waals surface area contributed by atoms with Gasteiger partial charge in [-0.15, -0.1) is 0 Å². The van der Waals surface area contributed by atoms with Crippen molar-refractivity contribution in [2.75, 3.05) is 26.7 Å². The summed E-state index contributed by atoms with van der Waals surface area (Å²) in [6.45, 7) is 2.41. The van der Waals surface area contributed by atoms with Gasteiger partial charge in [-0.2, -0.15) is 10.2 Å². The second kappa shape index (κ2) is 8.67. The molecule has 0 atom stereocenters. The Hall–Kier alpha value is -3.30. The summed E-state index contributed by atoms with van der Waals surface area (Å²) in [6.07, 6.45) is 4.21. The monoisotopic (exact) mass is 509 g/mol. The molecule has 1 N–H and O–H groups in total. The molecule has 12 heteroatoms. The van der Waals surface area contributed by atoms with Crippen LogP contribution < -0.4 is 5.56 Å². The quantitative estimate of drug-likeness (QED) is 0.415. The lowest BCUT2D eigenvalue weighted by Crippen LogP contribution is -2.39. The molecule has 1 saturated heterocycles. The molecule has 4 aromatic rings. The number of aliphatic hydroxyl groups excluding tert-OH is 1. The minimum atomic E-state index is -0.561. The molecule has 3 aromatic heterocycles. The van der Waals surface area contributed by atoms with Crippen LogP contribution in [0.2, 0.25) is 5.02 Å². The smallest absolute Gasteiger partial charge is 0.277 e. The molecule has 186 valence electrons. The molecule has 0 unspecified atom stereocenters. The minimum absolute atomic E-state index is 0.207. The van der Waals surface area contributed by atoms with Gasteiger partial charge in [0.1, 0.15) is 29.2 Å². The third-order valence-corrected chi connectivity index (χ3v) is 7.60. The molecule has 1 aromatic carbocycles. The molecular formula is C24H24ClN7O4. The molecule has 4 heterocycles. The van der Waals surface area contributed by atoms with Crippen molar-refractivity contribution in [1.82, 2.24) is 29.0 Å². The Bertz CT molecular complexity index is 1570. The van der Waals surface area contributed by atoms with Crippen molar-refractivity contribution in [3.63, 3.8) is 0 Å². The molecule has 1 aliphatic heterocycles. The number of methoxy groups -OCH3 is 1. The zero-order valence-corrected chi connectivity index (χ0v) is 20.4. The van der Waals surface area contributed by atoms with Crippen LogP contribution in [-0.4, -0.2) is 66.9 Å². The molecule has 0 bridgehead atoms. The fourth-order valence-corrected chi connectivity index (χ4v) is 5.17. The van der Waals surface area contributed by atoms with Gasteiger partial charge in [-0.3, -0.25) is 9.20 Å². The number of aromatic nitrogens is 5. The van der Waals surface area contributed by atoms with Gasteiger partial charge in [0, 0.05) is 33.3 Å². The summed E-state index contributed by atoms with van der Waals surface area (Å²) in [5.74, 6) is 0.575. The number of halogens is 1. The summed E-state index contributed by atoms with van der Waals surface area (Å²) in [6, 6.07) is 5.58. The van der Waals surface area contributed by atoms with E-state index in [2.05, 4.69) is 26.1 Å². The zero-order valence-electron chi connectivity index (χ0n) is 19.6. The lowest BCUT2D eigenvalue weighted by atomic mass is 10.1. The Morgan fingerprint density at radius 1 is 1.28 bits per heavy atom. The number of hydrogen-bond donors (Lipinski definition) is 1. The Kier molecular flexibility index (Phi) is 5.57. The minimum Gasteiger partial charge on any atom is -0.393 e. The van der Waals surface area contributed by atoms with E-state index in [4.69, 9.17) is 20.9 Å². The second-order valence-corrected chi connectivity index (χ2v) is 9.77. The topological polar surface area (TPSA) is 135 Å². The normalized spacial score (nSPS) is 18.2. The maximum atomic E-state index is 14.0. The first kappa shape index (κ1) is 23.1. The molecular weight excluding hydrogens is 486 g/mol. The van der Waals surface area contributed by atoms with Gasteiger partial charge in [-0.1, -0.05) is 16.8 Å². The molecule has 2 aliphatic rings.